The lowest BCUT2D eigenvalue weighted by Gasteiger charge is -2.33. The van der Waals surface area contributed by atoms with E-state index in [2.05, 4.69) is 0 Å². The first-order chi connectivity index (χ1) is 11.0. The number of hydrogen-bond donors (Lipinski definition) is 1. The first-order valence-electron chi connectivity index (χ1n) is 7.95. The van der Waals surface area contributed by atoms with Crippen molar-refractivity contribution in [3.05, 3.63) is 30.3 Å². The summed E-state index contributed by atoms with van der Waals surface area (Å²) in [5, 5.41) is 9.01. The van der Waals surface area contributed by atoms with Crippen LogP contribution in [-0.4, -0.2) is 61.4 Å². The predicted octanol–water partition coefficient (Wildman–Crippen LogP) is 0.928. The zero-order valence-electron chi connectivity index (χ0n) is 13.4. The molecule has 1 aromatic rings. The first kappa shape index (κ1) is 17.9. The lowest BCUT2D eigenvalue weighted by Crippen LogP contribution is -2.45. The highest BCUT2D eigenvalue weighted by atomic mass is 32.2. The highest BCUT2D eigenvalue weighted by molar-refractivity contribution is 7.89. The third-order valence-electron chi connectivity index (χ3n) is 4.25. The quantitative estimate of drug-likeness (QED) is 0.836. The van der Waals surface area contributed by atoms with Crippen LogP contribution < -0.4 is 0 Å². The second-order valence-corrected chi connectivity index (χ2v) is 7.57. The fourth-order valence-corrected chi connectivity index (χ4v) is 4.38. The van der Waals surface area contributed by atoms with E-state index in [0.29, 0.717) is 43.9 Å². The Morgan fingerprint density at radius 2 is 1.87 bits per heavy atom. The van der Waals surface area contributed by atoms with Crippen LogP contribution in [0.5, 0.6) is 0 Å². The van der Waals surface area contributed by atoms with Gasteiger partial charge in [-0.3, -0.25) is 4.79 Å². The van der Waals surface area contributed by atoms with Crippen molar-refractivity contribution in [2.45, 2.75) is 24.7 Å². The van der Waals surface area contributed by atoms with Gasteiger partial charge in [-0.25, -0.2) is 8.42 Å². The molecule has 0 spiro atoms. The molecule has 1 fully saturated rings. The van der Waals surface area contributed by atoms with Gasteiger partial charge in [0.15, 0.2) is 0 Å². The maximum Gasteiger partial charge on any atom is 0.243 e. The number of nitrogens with zero attached hydrogens (tertiary/aromatic N) is 2. The molecule has 2 rings (SSSR count). The van der Waals surface area contributed by atoms with Crippen molar-refractivity contribution in [3.8, 4) is 0 Å². The SMILES string of the molecule is CCN(CCO)C(=O)C1CCN(S(=O)(=O)c2ccccc2)CC1. The zero-order chi connectivity index (χ0) is 16.9. The van der Waals surface area contributed by atoms with Crippen LogP contribution in [0.15, 0.2) is 35.2 Å². The molecule has 1 aromatic carbocycles. The van der Waals surface area contributed by atoms with Crippen LogP contribution in [0.3, 0.4) is 0 Å². The van der Waals surface area contributed by atoms with Crippen LogP contribution in [0.1, 0.15) is 19.8 Å². The number of aliphatic hydroxyl groups excluding tert-OH is 1. The lowest BCUT2D eigenvalue weighted by atomic mass is 9.96. The van der Waals surface area contributed by atoms with Crippen LogP contribution in [0.2, 0.25) is 0 Å². The van der Waals surface area contributed by atoms with Crippen LogP contribution >= 0.6 is 0 Å². The maximum atomic E-state index is 12.6. The van der Waals surface area contributed by atoms with E-state index in [1.165, 1.54) is 4.31 Å². The largest absolute Gasteiger partial charge is 0.395 e. The van der Waals surface area contributed by atoms with Crippen LogP contribution in [-0.2, 0) is 14.8 Å². The minimum absolute atomic E-state index is 0.0123. The van der Waals surface area contributed by atoms with Gasteiger partial charge in [0, 0.05) is 32.1 Å². The van der Waals surface area contributed by atoms with Crippen molar-refractivity contribution in [1.29, 1.82) is 0 Å². The van der Waals surface area contributed by atoms with Crippen molar-refractivity contribution < 1.29 is 18.3 Å². The summed E-state index contributed by atoms with van der Waals surface area (Å²) in [4.78, 5) is 14.3. The molecule has 0 radical (unpaired) electrons. The van der Waals surface area contributed by atoms with Crippen molar-refractivity contribution in [1.82, 2.24) is 9.21 Å². The van der Waals surface area contributed by atoms with E-state index in [9.17, 15) is 13.2 Å². The summed E-state index contributed by atoms with van der Waals surface area (Å²) in [6.45, 7) is 3.41. The number of carbonyl (C=O) groups excluding carboxylic acids is 1. The Balaban J connectivity index is 2.00. The van der Waals surface area contributed by atoms with Gasteiger partial charge >= 0.3 is 0 Å². The van der Waals surface area contributed by atoms with E-state index in [1.54, 1.807) is 35.2 Å². The van der Waals surface area contributed by atoms with E-state index in [1.807, 2.05) is 6.92 Å². The van der Waals surface area contributed by atoms with Gasteiger partial charge in [-0.2, -0.15) is 4.31 Å². The molecule has 0 bridgehead atoms. The molecule has 6 nitrogen and oxygen atoms in total. The van der Waals surface area contributed by atoms with Gasteiger partial charge in [0.25, 0.3) is 0 Å². The average Bonchev–Trinajstić information content (AvgIpc) is 2.60. The lowest BCUT2D eigenvalue weighted by molar-refractivity contribution is -0.137. The van der Waals surface area contributed by atoms with Crippen molar-refractivity contribution in [3.63, 3.8) is 0 Å². The van der Waals surface area contributed by atoms with Gasteiger partial charge in [-0.15, -0.1) is 0 Å². The van der Waals surface area contributed by atoms with Crippen molar-refractivity contribution in [2.24, 2.45) is 5.92 Å². The molecular weight excluding hydrogens is 316 g/mol. The topological polar surface area (TPSA) is 77.9 Å². The number of hydrogen-bond acceptors (Lipinski definition) is 4. The molecule has 7 heteroatoms. The van der Waals surface area contributed by atoms with Crippen molar-refractivity contribution >= 4 is 15.9 Å². The molecule has 1 N–H and O–H groups in total. The van der Waals surface area contributed by atoms with E-state index < -0.39 is 10.0 Å². The molecule has 0 atom stereocenters. The number of rotatable bonds is 6. The highest BCUT2D eigenvalue weighted by Gasteiger charge is 2.33. The van der Waals surface area contributed by atoms with Crippen molar-refractivity contribution in [2.75, 3.05) is 32.8 Å². The molecule has 0 unspecified atom stereocenters. The van der Waals surface area contributed by atoms with Gasteiger partial charge < -0.3 is 10.0 Å². The monoisotopic (exact) mass is 340 g/mol. The molecule has 1 aliphatic heterocycles. The van der Waals surface area contributed by atoms with Gasteiger partial charge in [0.2, 0.25) is 15.9 Å². The average molecular weight is 340 g/mol. The van der Waals surface area contributed by atoms with Gasteiger partial charge in [-0.1, -0.05) is 18.2 Å². The molecule has 0 saturated carbocycles. The Bertz CT molecular complexity index is 610. The van der Waals surface area contributed by atoms with E-state index in [0.717, 1.165) is 0 Å². The Labute approximate surface area is 137 Å². The minimum Gasteiger partial charge on any atom is -0.395 e. The summed E-state index contributed by atoms with van der Waals surface area (Å²) in [7, 11) is -3.48. The van der Waals surface area contributed by atoms with Crippen LogP contribution in [0, 0.1) is 5.92 Å². The second-order valence-electron chi connectivity index (χ2n) is 5.63. The van der Waals surface area contributed by atoms with E-state index >= 15 is 0 Å². The summed E-state index contributed by atoms with van der Waals surface area (Å²) in [5.41, 5.74) is 0. The van der Waals surface area contributed by atoms with Gasteiger partial charge in [0.05, 0.1) is 11.5 Å². The summed E-state index contributed by atoms with van der Waals surface area (Å²) >= 11 is 0. The minimum atomic E-state index is -3.48. The molecule has 1 heterocycles. The third kappa shape index (κ3) is 4.10. The summed E-state index contributed by atoms with van der Waals surface area (Å²) < 4.78 is 26.6. The van der Waals surface area contributed by atoms with E-state index in [4.69, 9.17) is 5.11 Å². The molecule has 0 aliphatic carbocycles. The van der Waals surface area contributed by atoms with Crippen LogP contribution in [0.25, 0.3) is 0 Å². The number of amides is 1. The molecule has 1 saturated heterocycles. The highest BCUT2D eigenvalue weighted by Crippen LogP contribution is 2.25. The fraction of sp³-hybridized carbons (Fsp3) is 0.562. The Kier molecular flexibility index (Phi) is 6.15. The number of likely N-dealkylation sites (N-methyl/N-ethyl adjacent to an activating group) is 1. The Morgan fingerprint density at radius 3 is 2.39 bits per heavy atom. The standard InChI is InChI=1S/C16H24N2O4S/c1-2-17(12-13-19)16(20)14-8-10-18(11-9-14)23(21,22)15-6-4-3-5-7-15/h3-7,14,19H,2,8-13H2,1H3. The number of benzene rings is 1. The number of piperidine rings is 1. The van der Waals surface area contributed by atoms with E-state index in [-0.39, 0.29) is 18.4 Å². The summed E-state index contributed by atoms with van der Waals surface area (Å²) in [6.07, 6.45) is 1.04. The molecular formula is C16H24N2O4S. The number of aliphatic hydroxyl groups is 1. The third-order valence-corrected chi connectivity index (χ3v) is 6.16. The summed E-state index contributed by atoms with van der Waals surface area (Å²) in [6, 6.07) is 8.37. The molecule has 0 aromatic heterocycles. The fourth-order valence-electron chi connectivity index (χ4n) is 2.89. The molecule has 1 aliphatic rings. The second kappa shape index (κ2) is 7.90. The zero-order valence-corrected chi connectivity index (χ0v) is 14.2. The number of sulfonamides is 1. The molecule has 128 valence electrons. The van der Waals surface area contributed by atoms with Gasteiger partial charge in [0.1, 0.15) is 0 Å². The molecule has 23 heavy (non-hydrogen) atoms. The Hall–Kier alpha value is -1.44. The normalized spacial score (nSPS) is 17.1. The Morgan fingerprint density at radius 1 is 1.26 bits per heavy atom. The van der Waals surface area contributed by atoms with Gasteiger partial charge in [-0.05, 0) is 31.9 Å². The predicted molar refractivity (Wildman–Crippen MR) is 87.3 cm³/mol. The molecule has 1 amide bonds. The van der Waals surface area contributed by atoms with Crippen LogP contribution in [0.4, 0.5) is 0 Å². The maximum absolute atomic E-state index is 12.6. The number of carbonyl (C=O) groups is 1. The summed E-state index contributed by atoms with van der Waals surface area (Å²) in [5.74, 6) is -0.151. The first-order valence-corrected chi connectivity index (χ1v) is 9.39. The smallest absolute Gasteiger partial charge is 0.243 e.